The van der Waals surface area contributed by atoms with Gasteiger partial charge in [0.1, 0.15) is 4.83 Å². The summed E-state index contributed by atoms with van der Waals surface area (Å²) >= 11 is 1.57. The number of nitrogens with zero attached hydrogens (tertiary/aromatic N) is 3. The van der Waals surface area contributed by atoms with Crippen LogP contribution in [0.25, 0.3) is 10.2 Å². The van der Waals surface area contributed by atoms with Crippen LogP contribution in [0.1, 0.15) is 28.2 Å². The van der Waals surface area contributed by atoms with Crippen LogP contribution < -0.4 is 5.32 Å². The summed E-state index contributed by atoms with van der Waals surface area (Å²) in [7, 11) is 1.94. The first-order valence-corrected chi connectivity index (χ1v) is 8.88. The highest BCUT2D eigenvalue weighted by Gasteiger charge is 2.32. The van der Waals surface area contributed by atoms with Crippen molar-refractivity contribution >= 4 is 27.5 Å². The van der Waals surface area contributed by atoms with Crippen molar-refractivity contribution in [2.24, 2.45) is 18.9 Å². The summed E-state index contributed by atoms with van der Waals surface area (Å²) in [4.78, 5) is 16.9. The number of thiophene rings is 1. The topological polar surface area (TPSA) is 50.2 Å². The van der Waals surface area contributed by atoms with Crippen LogP contribution in [0.2, 0.25) is 0 Å². The first-order chi connectivity index (χ1) is 10.6. The molecule has 1 N–H and O–H groups in total. The maximum atomic E-state index is 12.9. The second-order valence-corrected chi connectivity index (χ2v) is 7.62. The molecule has 5 nitrogen and oxygen atoms in total. The Labute approximate surface area is 134 Å². The molecule has 4 heterocycles. The molecular formula is C16H22N4OS. The van der Waals surface area contributed by atoms with Crippen molar-refractivity contribution in [2.75, 3.05) is 26.2 Å². The Morgan fingerprint density at radius 1 is 1.32 bits per heavy atom. The number of aromatic nitrogens is 2. The van der Waals surface area contributed by atoms with Crippen LogP contribution in [-0.2, 0) is 7.05 Å². The summed E-state index contributed by atoms with van der Waals surface area (Å²) in [6.07, 6.45) is 2.27. The Morgan fingerprint density at radius 3 is 2.64 bits per heavy atom. The smallest absolute Gasteiger partial charge is 0.264 e. The third-order valence-corrected chi connectivity index (χ3v) is 6.40. The molecule has 0 saturated carbocycles. The summed E-state index contributed by atoms with van der Waals surface area (Å²) in [5.41, 5.74) is 1.00. The minimum absolute atomic E-state index is 0.202. The molecule has 2 aromatic rings. The van der Waals surface area contributed by atoms with E-state index < -0.39 is 0 Å². The zero-order valence-corrected chi connectivity index (χ0v) is 13.9. The maximum Gasteiger partial charge on any atom is 0.264 e. The summed E-state index contributed by atoms with van der Waals surface area (Å²) in [5.74, 6) is 1.71. The molecule has 118 valence electrons. The molecule has 2 aliphatic rings. The second-order valence-electron chi connectivity index (χ2n) is 6.59. The van der Waals surface area contributed by atoms with Gasteiger partial charge in [0.15, 0.2) is 0 Å². The molecule has 2 saturated heterocycles. The highest BCUT2D eigenvalue weighted by molar-refractivity contribution is 7.20. The lowest BCUT2D eigenvalue weighted by molar-refractivity contribution is 0.0763. The van der Waals surface area contributed by atoms with Gasteiger partial charge in [-0.05, 0) is 50.8 Å². The van der Waals surface area contributed by atoms with Crippen LogP contribution in [0.5, 0.6) is 0 Å². The molecule has 1 amide bonds. The summed E-state index contributed by atoms with van der Waals surface area (Å²) in [6.45, 7) is 6.05. The van der Waals surface area contributed by atoms with Gasteiger partial charge in [-0.3, -0.25) is 9.48 Å². The zero-order valence-electron chi connectivity index (χ0n) is 13.1. The lowest BCUT2D eigenvalue weighted by Crippen LogP contribution is -2.32. The summed E-state index contributed by atoms with van der Waals surface area (Å²) in [6, 6.07) is 2.03. The van der Waals surface area contributed by atoms with Crippen LogP contribution in [0.15, 0.2) is 6.07 Å². The number of carbonyl (C=O) groups is 1. The molecule has 0 aliphatic carbocycles. The van der Waals surface area contributed by atoms with E-state index in [-0.39, 0.29) is 5.91 Å². The SMILES string of the molecule is Cc1nn(C)c2sc(C(=O)N3CC[C@@H]4CNC[C@@H]4CC3)cc12. The largest absolute Gasteiger partial charge is 0.338 e. The average Bonchev–Trinajstić information content (AvgIpc) is 3.15. The van der Waals surface area contributed by atoms with E-state index in [1.54, 1.807) is 11.3 Å². The normalized spacial score (nSPS) is 25.5. The van der Waals surface area contributed by atoms with E-state index >= 15 is 0 Å². The quantitative estimate of drug-likeness (QED) is 0.875. The summed E-state index contributed by atoms with van der Waals surface area (Å²) < 4.78 is 1.88. The lowest BCUT2D eigenvalue weighted by Gasteiger charge is -2.20. The Morgan fingerprint density at radius 2 is 2.00 bits per heavy atom. The molecule has 0 bridgehead atoms. The van der Waals surface area contributed by atoms with Crippen molar-refractivity contribution in [2.45, 2.75) is 19.8 Å². The van der Waals surface area contributed by atoms with E-state index in [0.717, 1.165) is 71.6 Å². The van der Waals surface area contributed by atoms with Crippen molar-refractivity contribution in [3.63, 3.8) is 0 Å². The molecule has 0 radical (unpaired) electrons. The van der Waals surface area contributed by atoms with E-state index in [1.165, 1.54) is 0 Å². The van der Waals surface area contributed by atoms with E-state index in [9.17, 15) is 4.79 Å². The van der Waals surface area contributed by atoms with Gasteiger partial charge in [-0.25, -0.2) is 0 Å². The zero-order chi connectivity index (χ0) is 15.3. The van der Waals surface area contributed by atoms with Gasteiger partial charge in [0, 0.05) is 25.5 Å². The monoisotopic (exact) mass is 318 g/mol. The first-order valence-electron chi connectivity index (χ1n) is 8.06. The number of hydrogen-bond acceptors (Lipinski definition) is 4. The fourth-order valence-corrected chi connectivity index (χ4v) is 4.98. The number of carbonyl (C=O) groups excluding carboxylic acids is 1. The molecule has 6 heteroatoms. The number of hydrogen-bond donors (Lipinski definition) is 1. The molecule has 2 aromatic heterocycles. The number of aryl methyl sites for hydroxylation is 2. The molecular weight excluding hydrogens is 296 g/mol. The number of fused-ring (bicyclic) bond motifs is 2. The van der Waals surface area contributed by atoms with Crippen LogP contribution in [-0.4, -0.2) is 46.8 Å². The first kappa shape index (κ1) is 14.2. The minimum Gasteiger partial charge on any atom is -0.338 e. The Bertz CT molecular complexity index is 671. The molecule has 0 aromatic carbocycles. The number of nitrogens with one attached hydrogen (secondary N) is 1. The standard InChI is InChI=1S/C16H22N4OS/c1-10-13-7-14(22-16(13)19(2)18-10)15(21)20-5-3-11-8-17-9-12(11)4-6-20/h7,11-12,17H,3-6,8-9H2,1-2H3/t11-,12+. The number of amides is 1. The molecule has 2 atom stereocenters. The fourth-order valence-electron chi connectivity index (χ4n) is 3.89. The van der Waals surface area contributed by atoms with Gasteiger partial charge in [-0.15, -0.1) is 11.3 Å². The van der Waals surface area contributed by atoms with Crippen LogP contribution in [0.4, 0.5) is 0 Å². The van der Waals surface area contributed by atoms with Gasteiger partial charge in [0.25, 0.3) is 5.91 Å². The number of likely N-dealkylation sites (tertiary alicyclic amines) is 1. The lowest BCUT2D eigenvalue weighted by atomic mass is 9.92. The molecule has 2 aliphatic heterocycles. The Kier molecular flexibility index (Phi) is 3.46. The molecule has 4 rings (SSSR count). The van der Waals surface area contributed by atoms with Crippen molar-refractivity contribution in [1.29, 1.82) is 0 Å². The highest BCUT2D eigenvalue weighted by Crippen LogP contribution is 2.31. The van der Waals surface area contributed by atoms with Crippen molar-refractivity contribution in [3.05, 3.63) is 16.6 Å². The Hall–Kier alpha value is -1.40. The molecule has 0 spiro atoms. The van der Waals surface area contributed by atoms with Gasteiger partial charge in [0.05, 0.1) is 10.6 Å². The van der Waals surface area contributed by atoms with Gasteiger partial charge < -0.3 is 10.2 Å². The maximum absolute atomic E-state index is 12.9. The third kappa shape index (κ3) is 2.25. The van der Waals surface area contributed by atoms with E-state index in [0.29, 0.717) is 0 Å². The van der Waals surface area contributed by atoms with Crippen molar-refractivity contribution < 1.29 is 4.79 Å². The third-order valence-electron chi connectivity index (χ3n) is 5.21. The van der Waals surface area contributed by atoms with Gasteiger partial charge in [0.2, 0.25) is 0 Å². The van der Waals surface area contributed by atoms with E-state index in [1.807, 2.05) is 24.7 Å². The van der Waals surface area contributed by atoms with Gasteiger partial charge in [-0.1, -0.05) is 0 Å². The van der Waals surface area contributed by atoms with Crippen LogP contribution in [0, 0.1) is 18.8 Å². The summed E-state index contributed by atoms with van der Waals surface area (Å²) in [5, 5.41) is 9.01. The highest BCUT2D eigenvalue weighted by atomic mass is 32.1. The second kappa shape index (κ2) is 5.35. The van der Waals surface area contributed by atoms with Gasteiger partial charge in [-0.2, -0.15) is 5.10 Å². The predicted molar refractivity (Wildman–Crippen MR) is 88.3 cm³/mol. The average molecular weight is 318 g/mol. The van der Waals surface area contributed by atoms with Crippen molar-refractivity contribution in [3.8, 4) is 0 Å². The van der Waals surface area contributed by atoms with Crippen LogP contribution >= 0.6 is 11.3 Å². The van der Waals surface area contributed by atoms with E-state index in [4.69, 9.17) is 0 Å². The Balaban J connectivity index is 1.56. The van der Waals surface area contributed by atoms with Gasteiger partial charge >= 0.3 is 0 Å². The number of rotatable bonds is 1. The molecule has 2 fully saturated rings. The fraction of sp³-hybridized carbons (Fsp3) is 0.625. The minimum atomic E-state index is 0.202. The van der Waals surface area contributed by atoms with Crippen molar-refractivity contribution in [1.82, 2.24) is 20.0 Å². The molecule has 0 unspecified atom stereocenters. The van der Waals surface area contributed by atoms with E-state index in [2.05, 4.69) is 15.3 Å². The predicted octanol–water partition coefficient (Wildman–Crippen LogP) is 2.01. The molecule has 22 heavy (non-hydrogen) atoms. The van der Waals surface area contributed by atoms with Crippen LogP contribution in [0.3, 0.4) is 0 Å².